The summed E-state index contributed by atoms with van der Waals surface area (Å²) in [5, 5.41) is 4.35. The van der Waals surface area contributed by atoms with Crippen LogP contribution in [0.2, 0.25) is 0 Å². The van der Waals surface area contributed by atoms with Crippen molar-refractivity contribution in [3.05, 3.63) is 40.6 Å². The molecule has 0 spiro atoms. The topological polar surface area (TPSA) is 30.3 Å². The Labute approximate surface area is 111 Å². The van der Waals surface area contributed by atoms with Gasteiger partial charge in [-0.05, 0) is 22.4 Å². The highest BCUT2D eigenvalue weighted by Crippen LogP contribution is 2.23. The lowest BCUT2D eigenvalue weighted by atomic mass is 10.2. The van der Waals surface area contributed by atoms with Crippen LogP contribution in [0.3, 0.4) is 0 Å². The average molecular weight is 263 g/mol. The molecule has 0 amide bonds. The highest BCUT2D eigenvalue weighted by atomic mass is 32.1. The van der Waals surface area contributed by atoms with Gasteiger partial charge in [0.2, 0.25) is 0 Å². The van der Waals surface area contributed by atoms with E-state index in [1.807, 2.05) is 12.5 Å². The molecule has 5 heteroatoms. The summed E-state index contributed by atoms with van der Waals surface area (Å²) >= 11 is 1.76. The van der Waals surface area contributed by atoms with Crippen LogP contribution in [0.25, 0.3) is 0 Å². The second-order valence-electron chi connectivity index (χ2n) is 4.70. The van der Waals surface area contributed by atoms with Crippen molar-refractivity contribution >= 4 is 11.3 Å². The zero-order valence-corrected chi connectivity index (χ0v) is 11.3. The molecule has 96 valence electrons. The maximum atomic E-state index is 5.32. The van der Waals surface area contributed by atoms with Crippen molar-refractivity contribution in [1.82, 2.24) is 14.5 Å². The van der Waals surface area contributed by atoms with Crippen molar-refractivity contribution in [3.63, 3.8) is 0 Å². The van der Waals surface area contributed by atoms with E-state index in [0.717, 1.165) is 26.2 Å². The predicted octanol–water partition coefficient (Wildman–Crippen LogP) is 2.15. The van der Waals surface area contributed by atoms with Crippen molar-refractivity contribution in [3.8, 4) is 0 Å². The average Bonchev–Trinajstić information content (AvgIpc) is 3.00. The van der Waals surface area contributed by atoms with Crippen LogP contribution in [-0.4, -0.2) is 34.7 Å². The molecule has 1 unspecified atom stereocenters. The number of imidazole rings is 1. The van der Waals surface area contributed by atoms with Gasteiger partial charge in [-0.2, -0.15) is 11.3 Å². The molecular weight excluding hydrogens is 246 g/mol. The van der Waals surface area contributed by atoms with Gasteiger partial charge in [0.1, 0.15) is 0 Å². The van der Waals surface area contributed by atoms with Gasteiger partial charge in [0, 0.05) is 32.9 Å². The minimum absolute atomic E-state index is 0.375. The van der Waals surface area contributed by atoms with Gasteiger partial charge in [-0.15, -0.1) is 0 Å². The zero-order chi connectivity index (χ0) is 12.4. The third-order valence-electron chi connectivity index (χ3n) is 3.34. The van der Waals surface area contributed by atoms with E-state index in [1.165, 1.54) is 11.3 Å². The molecule has 18 heavy (non-hydrogen) atoms. The van der Waals surface area contributed by atoms with Crippen molar-refractivity contribution < 1.29 is 4.74 Å². The molecule has 1 aliphatic rings. The van der Waals surface area contributed by atoms with E-state index in [-0.39, 0.29) is 0 Å². The first-order chi connectivity index (χ1) is 8.86. The number of thiophene rings is 1. The molecule has 0 saturated heterocycles. The Hall–Kier alpha value is -1.17. The number of methoxy groups -OCH3 is 1. The van der Waals surface area contributed by atoms with E-state index in [0.29, 0.717) is 6.04 Å². The molecule has 0 aromatic carbocycles. The van der Waals surface area contributed by atoms with Gasteiger partial charge < -0.3 is 9.30 Å². The van der Waals surface area contributed by atoms with Gasteiger partial charge in [0.05, 0.1) is 24.7 Å². The van der Waals surface area contributed by atoms with E-state index in [4.69, 9.17) is 4.74 Å². The summed E-state index contributed by atoms with van der Waals surface area (Å²) in [5.74, 6) is 0. The van der Waals surface area contributed by atoms with E-state index in [2.05, 4.69) is 31.3 Å². The van der Waals surface area contributed by atoms with Gasteiger partial charge in [0.15, 0.2) is 0 Å². The fraction of sp³-hybridized carbons (Fsp3) is 0.462. The Bertz CT molecular complexity index is 494. The largest absolute Gasteiger partial charge is 0.382 e. The Balaban J connectivity index is 1.76. The third-order valence-corrected chi connectivity index (χ3v) is 4.07. The maximum absolute atomic E-state index is 5.32. The van der Waals surface area contributed by atoms with Gasteiger partial charge in [0.25, 0.3) is 0 Å². The SMILES string of the molecule is COCC1CN(Cc2ccsc2)Cc2cncn21. The molecule has 1 aliphatic heterocycles. The molecule has 0 bridgehead atoms. The molecular formula is C13H17N3OS. The Morgan fingerprint density at radius 2 is 2.50 bits per heavy atom. The first-order valence-corrected chi connectivity index (χ1v) is 7.04. The summed E-state index contributed by atoms with van der Waals surface area (Å²) in [6.45, 7) is 3.74. The molecule has 0 fully saturated rings. The third kappa shape index (κ3) is 2.34. The van der Waals surface area contributed by atoms with Crippen molar-refractivity contribution in [2.45, 2.75) is 19.1 Å². The number of ether oxygens (including phenoxy) is 1. The minimum atomic E-state index is 0.375. The Morgan fingerprint density at radius 3 is 3.28 bits per heavy atom. The van der Waals surface area contributed by atoms with Crippen LogP contribution in [-0.2, 0) is 17.8 Å². The van der Waals surface area contributed by atoms with Gasteiger partial charge in [-0.1, -0.05) is 0 Å². The van der Waals surface area contributed by atoms with Gasteiger partial charge >= 0.3 is 0 Å². The summed E-state index contributed by atoms with van der Waals surface area (Å²) in [5.41, 5.74) is 2.67. The van der Waals surface area contributed by atoms with E-state index < -0.39 is 0 Å². The molecule has 0 N–H and O–H groups in total. The lowest BCUT2D eigenvalue weighted by Crippen LogP contribution is -2.38. The predicted molar refractivity (Wildman–Crippen MR) is 71.6 cm³/mol. The van der Waals surface area contributed by atoms with Crippen LogP contribution in [0, 0.1) is 0 Å². The Kier molecular flexibility index (Phi) is 3.45. The lowest BCUT2D eigenvalue weighted by molar-refractivity contribution is 0.0984. The molecule has 3 heterocycles. The van der Waals surface area contributed by atoms with Gasteiger partial charge in [-0.25, -0.2) is 4.98 Å². The molecule has 1 atom stereocenters. The summed E-state index contributed by atoms with van der Waals surface area (Å²) < 4.78 is 7.56. The van der Waals surface area contributed by atoms with Crippen LogP contribution < -0.4 is 0 Å². The summed E-state index contributed by atoms with van der Waals surface area (Å²) in [6, 6.07) is 2.57. The summed E-state index contributed by atoms with van der Waals surface area (Å²) in [6.07, 6.45) is 3.88. The molecule has 0 saturated carbocycles. The van der Waals surface area contributed by atoms with Crippen molar-refractivity contribution in [2.75, 3.05) is 20.3 Å². The number of aromatic nitrogens is 2. The highest BCUT2D eigenvalue weighted by molar-refractivity contribution is 7.07. The fourth-order valence-electron chi connectivity index (χ4n) is 2.55. The monoisotopic (exact) mass is 263 g/mol. The number of hydrogen-bond donors (Lipinski definition) is 0. The number of fused-ring (bicyclic) bond motifs is 1. The van der Waals surface area contributed by atoms with E-state index >= 15 is 0 Å². The van der Waals surface area contributed by atoms with Crippen molar-refractivity contribution in [1.29, 1.82) is 0 Å². The smallest absolute Gasteiger partial charge is 0.0952 e. The van der Waals surface area contributed by atoms with E-state index in [9.17, 15) is 0 Å². The second-order valence-corrected chi connectivity index (χ2v) is 5.48. The summed E-state index contributed by atoms with van der Waals surface area (Å²) in [4.78, 5) is 6.71. The second kappa shape index (κ2) is 5.22. The zero-order valence-electron chi connectivity index (χ0n) is 10.5. The molecule has 0 radical (unpaired) electrons. The molecule has 4 nitrogen and oxygen atoms in total. The first kappa shape index (κ1) is 11.9. The van der Waals surface area contributed by atoms with Crippen molar-refractivity contribution in [2.24, 2.45) is 0 Å². The number of rotatable bonds is 4. The normalized spacial score (nSPS) is 19.9. The van der Waals surface area contributed by atoms with E-state index in [1.54, 1.807) is 18.4 Å². The lowest BCUT2D eigenvalue weighted by Gasteiger charge is -2.34. The Morgan fingerprint density at radius 1 is 1.56 bits per heavy atom. The first-order valence-electron chi connectivity index (χ1n) is 6.10. The van der Waals surface area contributed by atoms with Crippen LogP contribution in [0.1, 0.15) is 17.3 Å². The van der Waals surface area contributed by atoms with Crippen LogP contribution >= 0.6 is 11.3 Å². The summed E-state index contributed by atoms with van der Waals surface area (Å²) in [7, 11) is 1.76. The molecule has 2 aromatic heterocycles. The van der Waals surface area contributed by atoms with Crippen LogP contribution in [0.5, 0.6) is 0 Å². The fourth-order valence-corrected chi connectivity index (χ4v) is 3.21. The minimum Gasteiger partial charge on any atom is -0.382 e. The molecule has 0 aliphatic carbocycles. The highest BCUT2D eigenvalue weighted by Gasteiger charge is 2.24. The number of hydrogen-bond acceptors (Lipinski definition) is 4. The van der Waals surface area contributed by atoms with Crippen LogP contribution in [0.15, 0.2) is 29.4 Å². The molecule has 3 rings (SSSR count). The maximum Gasteiger partial charge on any atom is 0.0952 e. The molecule has 2 aromatic rings. The quantitative estimate of drug-likeness (QED) is 0.846. The number of nitrogens with zero attached hydrogens (tertiary/aromatic N) is 3. The van der Waals surface area contributed by atoms with Crippen LogP contribution in [0.4, 0.5) is 0 Å². The standard InChI is InChI=1S/C13H17N3OS/c1-17-8-13-7-15(5-11-2-3-18-9-11)6-12-4-14-10-16(12)13/h2-4,9-10,13H,5-8H2,1H3. The van der Waals surface area contributed by atoms with Gasteiger partial charge in [-0.3, -0.25) is 4.90 Å².